The summed E-state index contributed by atoms with van der Waals surface area (Å²) in [6.07, 6.45) is 3.63. The van der Waals surface area contributed by atoms with Gasteiger partial charge in [-0.15, -0.1) is 0 Å². The van der Waals surface area contributed by atoms with Gasteiger partial charge in [0.15, 0.2) is 0 Å². The minimum absolute atomic E-state index is 0.122. The molecule has 118 valence electrons. The van der Waals surface area contributed by atoms with Crippen molar-refractivity contribution < 1.29 is 9.85 Å². The van der Waals surface area contributed by atoms with E-state index in [1.165, 1.54) is 17.7 Å². The molecule has 0 heterocycles. The van der Waals surface area contributed by atoms with E-state index in [0.29, 0.717) is 0 Å². The van der Waals surface area contributed by atoms with Gasteiger partial charge in [-0.05, 0) is 39.7 Å². The molecule has 0 fully saturated rings. The third kappa shape index (κ3) is 5.31. The van der Waals surface area contributed by atoms with Crippen molar-refractivity contribution in [1.82, 2.24) is 0 Å². The van der Waals surface area contributed by atoms with E-state index in [0.717, 1.165) is 24.6 Å². The van der Waals surface area contributed by atoms with Crippen LogP contribution in [0.2, 0.25) is 0 Å². The zero-order valence-corrected chi connectivity index (χ0v) is 12.7. The van der Waals surface area contributed by atoms with Crippen LogP contribution in [0.4, 0.5) is 17.1 Å². The van der Waals surface area contributed by atoms with Crippen LogP contribution in [0.1, 0.15) is 33.6 Å². The maximum Gasteiger partial charge on any atom is 0.301 e. The highest BCUT2D eigenvalue weighted by atomic mass is 16.6. The highest BCUT2D eigenvalue weighted by molar-refractivity contribution is 5.83. The number of nitro groups is 2. The third-order valence-corrected chi connectivity index (χ3v) is 2.81. The quantitative estimate of drug-likeness (QED) is 0.354. The molecule has 1 aromatic carbocycles. The minimum Gasteiger partial charge on any atom is -0.272 e. The van der Waals surface area contributed by atoms with E-state index in [4.69, 9.17) is 0 Å². The largest absolute Gasteiger partial charge is 0.301 e. The first kappa shape index (κ1) is 17.3. The Morgan fingerprint density at radius 1 is 1.23 bits per heavy atom. The van der Waals surface area contributed by atoms with Crippen LogP contribution < -0.4 is 5.43 Å². The van der Waals surface area contributed by atoms with Gasteiger partial charge in [0.05, 0.1) is 15.9 Å². The Kier molecular flexibility index (Phi) is 6.18. The van der Waals surface area contributed by atoms with Crippen molar-refractivity contribution in [2.45, 2.75) is 33.6 Å². The predicted octanol–water partition coefficient (Wildman–Crippen LogP) is 4.04. The second-order valence-corrected chi connectivity index (χ2v) is 4.99. The van der Waals surface area contributed by atoms with Crippen LogP contribution >= 0.6 is 0 Å². The first-order valence-corrected chi connectivity index (χ1v) is 6.66. The molecule has 1 N–H and O–H groups in total. The third-order valence-electron chi connectivity index (χ3n) is 2.81. The standard InChI is InChI=1S/C14H18N4O4/c1-10(2)5-4-6-11(3)15-16-13-8-7-12(17(19)20)9-14(13)18(21)22/h5,7-9,16H,4,6H2,1-3H3/b15-11-. The topological polar surface area (TPSA) is 111 Å². The number of anilines is 1. The summed E-state index contributed by atoms with van der Waals surface area (Å²) in [7, 11) is 0. The fourth-order valence-electron chi connectivity index (χ4n) is 1.66. The van der Waals surface area contributed by atoms with Crippen LogP contribution in [0.25, 0.3) is 0 Å². The van der Waals surface area contributed by atoms with Crippen LogP contribution in [0, 0.1) is 20.2 Å². The molecule has 0 amide bonds. The smallest absolute Gasteiger partial charge is 0.272 e. The summed E-state index contributed by atoms with van der Waals surface area (Å²) in [5, 5.41) is 25.7. The number of nitrogens with one attached hydrogen (secondary N) is 1. The predicted molar refractivity (Wildman–Crippen MR) is 85.1 cm³/mol. The molecule has 8 nitrogen and oxygen atoms in total. The molecule has 1 rings (SSSR count). The van der Waals surface area contributed by atoms with Crippen LogP contribution in [0.3, 0.4) is 0 Å². The summed E-state index contributed by atoms with van der Waals surface area (Å²) >= 11 is 0. The number of nitrogens with zero attached hydrogens (tertiary/aromatic N) is 3. The van der Waals surface area contributed by atoms with E-state index in [9.17, 15) is 20.2 Å². The van der Waals surface area contributed by atoms with E-state index < -0.39 is 9.85 Å². The second-order valence-electron chi connectivity index (χ2n) is 4.99. The van der Waals surface area contributed by atoms with Crippen LogP contribution in [0.15, 0.2) is 34.9 Å². The fourth-order valence-corrected chi connectivity index (χ4v) is 1.66. The molecule has 0 saturated heterocycles. The van der Waals surface area contributed by atoms with Crippen molar-refractivity contribution >= 4 is 22.8 Å². The number of allylic oxidation sites excluding steroid dienone is 2. The van der Waals surface area contributed by atoms with Gasteiger partial charge in [0.1, 0.15) is 5.69 Å². The number of hydrazone groups is 1. The average molecular weight is 306 g/mol. The van der Waals surface area contributed by atoms with Crippen LogP contribution in [0.5, 0.6) is 0 Å². The Balaban J connectivity index is 2.86. The van der Waals surface area contributed by atoms with Crippen molar-refractivity contribution in [2.75, 3.05) is 5.43 Å². The van der Waals surface area contributed by atoms with E-state index in [-0.39, 0.29) is 17.1 Å². The highest BCUT2D eigenvalue weighted by Crippen LogP contribution is 2.28. The molecular formula is C14H18N4O4. The molecule has 0 saturated carbocycles. The number of benzene rings is 1. The number of non-ortho nitro benzene ring substituents is 1. The SMILES string of the molecule is CC(C)=CCC/C(C)=N\Nc1ccc([N+](=O)[O-])cc1[N+](=O)[O-]. The van der Waals surface area contributed by atoms with Crippen molar-refractivity contribution in [3.8, 4) is 0 Å². The molecule has 0 spiro atoms. The minimum atomic E-state index is -0.677. The molecule has 0 aromatic heterocycles. The molecule has 1 aromatic rings. The Morgan fingerprint density at radius 3 is 2.45 bits per heavy atom. The summed E-state index contributed by atoms with van der Waals surface area (Å²) in [5.41, 5.74) is 4.01. The Morgan fingerprint density at radius 2 is 1.91 bits per heavy atom. The van der Waals surface area contributed by atoms with Crippen molar-refractivity contribution in [2.24, 2.45) is 5.10 Å². The van der Waals surface area contributed by atoms with Gasteiger partial charge in [-0.25, -0.2) is 0 Å². The van der Waals surface area contributed by atoms with Crippen molar-refractivity contribution in [3.63, 3.8) is 0 Å². The molecule has 0 aliphatic rings. The number of hydrogen-bond acceptors (Lipinski definition) is 6. The Labute approximate surface area is 127 Å². The van der Waals surface area contributed by atoms with E-state index >= 15 is 0 Å². The number of rotatable bonds is 7. The summed E-state index contributed by atoms with van der Waals surface area (Å²) < 4.78 is 0. The lowest BCUT2D eigenvalue weighted by molar-refractivity contribution is -0.393. The average Bonchev–Trinajstić information content (AvgIpc) is 2.44. The molecule has 0 bridgehead atoms. The van der Waals surface area contributed by atoms with Crippen molar-refractivity contribution in [1.29, 1.82) is 0 Å². The summed E-state index contributed by atoms with van der Waals surface area (Å²) in [6.45, 7) is 5.82. The molecule has 0 aliphatic carbocycles. The second kappa shape index (κ2) is 7.87. The highest BCUT2D eigenvalue weighted by Gasteiger charge is 2.19. The van der Waals surface area contributed by atoms with Gasteiger partial charge in [0, 0.05) is 11.8 Å². The van der Waals surface area contributed by atoms with Gasteiger partial charge >= 0.3 is 5.69 Å². The molecule has 0 atom stereocenters. The fraction of sp³-hybridized carbons (Fsp3) is 0.357. The van der Waals surface area contributed by atoms with Gasteiger partial charge in [-0.2, -0.15) is 5.10 Å². The monoisotopic (exact) mass is 306 g/mol. The molecule has 8 heteroatoms. The van der Waals surface area contributed by atoms with Gasteiger partial charge in [-0.3, -0.25) is 25.7 Å². The lowest BCUT2D eigenvalue weighted by atomic mass is 10.2. The maximum atomic E-state index is 11.0. The normalized spacial score (nSPS) is 11.0. The maximum absolute atomic E-state index is 11.0. The van der Waals surface area contributed by atoms with Gasteiger partial charge in [0.25, 0.3) is 5.69 Å². The van der Waals surface area contributed by atoms with Gasteiger partial charge in [0.2, 0.25) is 0 Å². The zero-order valence-electron chi connectivity index (χ0n) is 12.7. The molecule has 22 heavy (non-hydrogen) atoms. The van der Waals surface area contributed by atoms with E-state index in [1.807, 2.05) is 20.8 Å². The molecular weight excluding hydrogens is 288 g/mol. The van der Waals surface area contributed by atoms with E-state index in [1.54, 1.807) is 0 Å². The van der Waals surface area contributed by atoms with Crippen molar-refractivity contribution in [3.05, 3.63) is 50.1 Å². The first-order chi connectivity index (χ1) is 10.3. The van der Waals surface area contributed by atoms with Gasteiger partial charge < -0.3 is 0 Å². The zero-order chi connectivity index (χ0) is 16.7. The Hall–Kier alpha value is -2.77. The molecule has 0 unspecified atom stereocenters. The van der Waals surface area contributed by atoms with Crippen LogP contribution in [-0.2, 0) is 0 Å². The van der Waals surface area contributed by atoms with Crippen LogP contribution in [-0.4, -0.2) is 15.6 Å². The number of nitro benzene ring substituents is 2. The first-order valence-electron chi connectivity index (χ1n) is 6.66. The summed E-state index contributed by atoms with van der Waals surface area (Å²) in [5.74, 6) is 0. The molecule has 0 aliphatic heterocycles. The molecule has 0 radical (unpaired) electrons. The van der Waals surface area contributed by atoms with E-state index in [2.05, 4.69) is 16.6 Å². The summed E-state index contributed by atoms with van der Waals surface area (Å²) in [4.78, 5) is 20.3. The number of hydrogen-bond donors (Lipinski definition) is 1. The lowest BCUT2D eigenvalue weighted by Crippen LogP contribution is -2.01. The van der Waals surface area contributed by atoms with Gasteiger partial charge in [-0.1, -0.05) is 11.6 Å². The Bertz CT molecular complexity index is 634. The summed E-state index contributed by atoms with van der Waals surface area (Å²) in [6, 6.07) is 3.39. The lowest BCUT2D eigenvalue weighted by Gasteiger charge is -2.04.